The largest absolute Gasteiger partial charge is 0.482 e. The highest BCUT2D eigenvalue weighted by atomic mass is 19.1. The number of anilines is 1. The van der Waals surface area contributed by atoms with Crippen LogP contribution in [-0.2, 0) is 13.5 Å². The smallest absolute Gasteiger partial charge is 0.166 e. The maximum atomic E-state index is 14.4. The van der Waals surface area contributed by atoms with Gasteiger partial charge >= 0.3 is 0 Å². The molecule has 7 rings (SSSR count). The van der Waals surface area contributed by atoms with Crippen LogP contribution in [0.3, 0.4) is 0 Å². The van der Waals surface area contributed by atoms with Crippen molar-refractivity contribution in [3.8, 4) is 28.3 Å². The minimum Gasteiger partial charge on any atom is -0.482 e. The molecule has 7 nitrogen and oxygen atoms in total. The Kier molecular flexibility index (Phi) is 4.38. The highest BCUT2D eigenvalue weighted by Gasteiger charge is 2.38. The molecule has 1 saturated carbocycles. The quantitative estimate of drug-likeness (QED) is 0.407. The number of benzene rings is 1. The molecule has 3 aromatic heterocycles. The topological polar surface area (TPSA) is 83.8 Å². The first-order valence-electron chi connectivity index (χ1n) is 12.3. The zero-order chi connectivity index (χ0) is 23.8. The number of ether oxygens (including phenoxy) is 1. The lowest BCUT2D eigenvalue weighted by molar-refractivity contribution is 0.227. The number of fused-ring (bicyclic) bond motifs is 7. The Balaban J connectivity index is 1.55. The molecule has 2 atom stereocenters. The van der Waals surface area contributed by atoms with E-state index in [1.165, 1.54) is 24.1 Å². The number of rotatable bonds is 1. The van der Waals surface area contributed by atoms with E-state index in [1.54, 1.807) is 0 Å². The van der Waals surface area contributed by atoms with Gasteiger partial charge in [0.25, 0.3) is 0 Å². The van der Waals surface area contributed by atoms with E-state index in [2.05, 4.69) is 15.9 Å². The Morgan fingerprint density at radius 3 is 2.77 bits per heavy atom. The summed E-state index contributed by atoms with van der Waals surface area (Å²) in [5, 5.41) is 10.0. The summed E-state index contributed by atoms with van der Waals surface area (Å²) in [5.41, 5.74) is 14.4. The van der Waals surface area contributed by atoms with E-state index in [4.69, 9.17) is 20.7 Å². The first-order valence-corrected chi connectivity index (χ1v) is 12.3. The molecule has 2 bridgehead atoms. The van der Waals surface area contributed by atoms with Crippen LogP contribution in [0, 0.1) is 5.82 Å². The van der Waals surface area contributed by atoms with Gasteiger partial charge in [0.1, 0.15) is 11.9 Å². The summed E-state index contributed by atoms with van der Waals surface area (Å²) in [6, 6.07) is 7.23. The van der Waals surface area contributed by atoms with Crippen LogP contribution in [0.5, 0.6) is 5.75 Å². The molecule has 0 spiro atoms. The summed E-state index contributed by atoms with van der Waals surface area (Å²) in [6.45, 7) is 1.91. The molecule has 1 aromatic carbocycles. The van der Waals surface area contributed by atoms with Crippen LogP contribution in [0.1, 0.15) is 73.1 Å². The molecule has 2 N–H and O–H groups in total. The molecule has 35 heavy (non-hydrogen) atoms. The fourth-order valence-corrected chi connectivity index (χ4v) is 5.95. The fourth-order valence-electron chi connectivity index (χ4n) is 5.95. The van der Waals surface area contributed by atoms with Crippen molar-refractivity contribution in [2.24, 2.45) is 7.05 Å². The van der Waals surface area contributed by atoms with Gasteiger partial charge in [-0.2, -0.15) is 10.2 Å². The highest BCUT2D eigenvalue weighted by Crippen LogP contribution is 2.49. The molecule has 3 aliphatic rings. The normalized spacial score (nSPS) is 20.7. The van der Waals surface area contributed by atoms with Gasteiger partial charge in [-0.3, -0.25) is 9.36 Å². The lowest BCUT2D eigenvalue weighted by atomic mass is 9.87. The van der Waals surface area contributed by atoms with Crippen LogP contribution >= 0.6 is 0 Å². The number of nitrogens with zero attached hydrogens (tertiary/aromatic N) is 5. The van der Waals surface area contributed by atoms with Gasteiger partial charge < -0.3 is 10.5 Å². The van der Waals surface area contributed by atoms with Crippen LogP contribution < -0.4 is 10.5 Å². The van der Waals surface area contributed by atoms with Crippen molar-refractivity contribution < 1.29 is 9.13 Å². The Morgan fingerprint density at radius 1 is 1.11 bits per heavy atom. The minimum absolute atomic E-state index is 0.145. The molecule has 178 valence electrons. The maximum absolute atomic E-state index is 14.4. The van der Waals surface area contributed by atoms with Crippen molar-refractivity contribution in [2.75, 3.05) is 5.73 Å². The lowest BCUT2D eigenvalue weighted by Crippen LogP contribution is -2.20. The highest BCUT2D eigenvalue weighted by molar-refractivity contribution is 5.74. The number of halogens is 1. The van der Waals surface area contributed by atoms with E-state index < -0.39 is 6.10 Å². The van der Waals surface area contributed by atoms with Gasteiger partial charge in [0, 0.05) is 53.2 Å². The molecule has 2 aliphatic carbocycles. The third kappa shape index (κ3) is 3.05. The molecule has 1 unspecified atom stereocenters. The SMILES string of the molecule is C[C@H]1Oc2cc(cnc2N)-c2c3c(nn2C2CCC2)CCC3c2cn(C)nc2-c2ccc(F)cc21. The van der Waals surface area contributed by atoms with Gasteiger partial charge in [0.2, 0.25) is 0 Å². The summed E-state index contributed by atoms with van der Waals surface area (Å²) >= 11 is 0. The maximum Gasteiger partial charge on any atom is 0.166 e. The standard InChI is InChI=1S/C27H27FN6O/c1-14-20-11-16(28)6-7-19(20)25-21(13-33(2)32-25)18-8-9-22-24(18)26(34(31-22)17-4-3-5-17)15-10-23(35-14)27(29)30-12-15/h6-7,10-14,17-18H,3-5,8-9H2,1-2H3,(H2,29,30)/t14-,18?/m1/s1. The second-order valence-corrected chi connectivity index (χ2v) is 10.0. The van der Waals surface area contributed by atoms with Crippen LogP contribution in [0.4, 0.5) is 10.2 Å². The summed E-state index contributed by atoms with van der Waals surface area (Å²) in [7, 11) is 1.94. The third-order valence-electron chi connectivity index (χ3n) is 7.86. The van der Waals surface area contributed by atoms with Gasteiger partial charge in [-0.05, 0) is 63.3 Å². The predicted octanol–water partition coefficient (Wildman–Crippen LogP) is 5.32. The van der Waals surface area contributed by atoms with Crippen molar-refractivity contribution in [2.45, 2.75) is 57.1 Å². The average molecular weight is 471 g/mol. The zero-order valence-electron chi connectivity index (χ0n) is 19.8. The van der Waals surface area contributed by atoms with E-state index >= 15 is 0 Å². The molecule has 1 fully saturated rings. The number of pyridine rings is 1. The van der Waals surface area contributed by atoms with E-state index in [1.807, 2.05) is 37.0 Å². The van der Waals surface area contributed by atoms with Gasteiger partial charge in [-0.25, -0.2) is 9.37 Å². The molecular weight excluding hydrogens is 443 g/mol. The van der Waals surface area contributed by atoms with Crippen molar-refractivity contribution in [1.82, 2.24) is 24.5 Å². The van der Waals surface area contributed by atoms with Crippen molar-refractivity contribution in [1.29, 1.82) is 0 Å². The average Bonchev–Trinajstić information content (AvgIpc) is 3.47. The molecule has 1 aliphatic heterocycles. The molecule has 0 saturated heterocycles. The van der Waals surface area contributed by atoms with Gasteiger partial charge in [0.05, 0.1) is 23.1 Å². The van der Waals surface area contributed by atoms with E-state index in [0.29, 0.717) is 17.6 Å². The number of aromatic nitrogens is 5. The van der Waals surface area contributed by atoms with Crippen LogP contribution in [0.25, 0.3) is 22.5 Å². The third-order valence-corrected chi connectivity index (χ3v) is 7.86. The predicted molar refractivity (Wildman–Crippen MR) is 131 cm³/mol. The van der Waals surface area contributed by atoms with Crippen LogP contribution in [0.15, 0.2) is 36.7 Å². The minimum atomic E-state index is -0.454. The van der Waals surface area contributed by atoms with E-state index in [9.17, 15) is 4.39 Å². The molecule has 8 heteroatoms. The summed E-state index contributed by atoms with van der Waals surface area (Å²) in [5.74, 6) is 0.650. The van der Waals surface area contributed by atoms with E-state index in [0.717, 1.165) is 65.0 Å². The van der Waals surface area contributed by atoms with Crippen molar-refractivity contribution in [3.05, 3.63) is 64.9 Å². The monoisotopic (exact) mass is 470 g/mol. The first kappa shape index (κ1) is 20.7. The fraction of sp³-hybridized carbons (Fsp3) is 0.370. The van der Waals surface area contributed by atoms with Crippen molar-refractivity contribution >= 4 is 5.82 Å². The Labute approximate surface area is 202 Å². The zero-order valence-corrected chi connectivity index (χ0v) is 19.8. The summed E-state index contributed by atoms with van der Waals surface area (Å²) in [6.07, 6.45) is 8.87. The summed E-state index contributed by atoms with van der Waals surface area (Å²) < 4.78 is 24.9. The van der Waals surface area contributed by atoms with Gasteiger partial charge in [-0.15, -0.1) is 0 Å². The Hall–Kier alpha value is -3.68. The first-order chi connectivity index (χ1) is 17.0. The molecular formula is C27H27FN6O. The van der Waals surface area contributed by atoms with Crippen LogP contribution in [0.2, 0.25) is 0 Å². The number of hydrogen-bond donors (Lipinski definition) is 1. The molecule has 0 amide bonds. The Bertz CT molecular complexity index is 1480. The second-order valence-electron chi connectivity index (χ2n) is 10.0. The van der Waals surface area contributed by atoms with Crippen LogP contribution in [-0.4, -0.2) is 24.5 Å². The lowest BCUT2D eigenvalue weighted by Gasteiger charge is -2.29. The summed E-state index contributed by atoms with van der Waals surface area (Å²) in [4.78, 5) is 4.50. The molecule has 0 radical (unpaired) electrons. The van der Waals surface area contributed by atoms with Gasteiger partial charge in [-0.1, -0.05) is 0 Å². The Morgan fingerprint density at radius 2 is 1.97 bits per heavy atom. The van der Waals surface area contributed by atoms with Gasteiger partial charge in [0.15, 0.2) is 11.6 Å². The van der Waals surface area contributed by atoms with Crippen molar-refractivity contribution in [3.63, 3.8) is 0 Å². The number of nitrogens with two attached hydrogens (primary N) is 1. The molecule has 4 aromatic rings. The number of hydrogen-bond acceptors (Lipinski definition) is 5. The number of nitrogen functional groups attached to an aromatic ring is 1. The second kappa shape index (κ2) is 7.41. The van der Waals surface area contributed by atoms with E-state index in [-0.39, 0.29) is 11.7 Å². The number of aryl methyl sites for hydroxylation is 2. The molecule has 4 heterocycles.